The molecule has 0 radical (unpaired) electrons. The van der Waals surface area contributed by atoms with Crippen molar-refractivity contribution < 1.29 is 38.3 Å². The molecule has 4 heterocycles. The van der Waals surface area contributed by atoms with E-state index in [1.54, 1.807) is 56.1 Å². The van der Waals surface area contributed by atoms with Crippen LogP contribution in [0, 0.1) is 16.0 Å². The minimum atomic E-state index is -1.05. The Morgan fingerprint density at radius 1 is 1.20 bits per heavy atom. The van der Waals surface area contributed by atoms with E-state index in [0.717, 1.165) is 0 Å². The summed E-state index contributed by atoms with van der Waals surface area (Å²) < 4.78 is 24.2. The molecule has 1 aromatic carbocycles. The quantitative estimate of drug-likeness (QED) is 0.125. The maximum absolute atomic E-state index is 13.0. The van der Waals surface area contributed by atoms with Gasteiger partial charge in [-0.1, -0.05) is 44.2 Å². The van der Waals surface area contributed by atoms with Gasteiger partial charge in [0.1, 0.15) is 37.0 Å². The average molecular weight is 679 g/mol. The summed E-state index contributed by atoms with van der Waals surface area (Å²) in [6.07, 6.45) is -1.79. The summed E-state index contributed by atoms with van der Waals surface area (Å²) >= 11 is 0. The third-order valence-corrected chi connectivity index (χ3v) is 7.55. The van der Waals surface area contributed by atoms with Crippen molar-refractivity contribution >= 4 is 46.6 Å². The monoisotopic (exact) mass is 678 g/mol. The van der Waals surface area contributed by atoms with Crippen LogP contribution >= 0.6 is 0 Å². The first-order chi connectivity index (χ1) is 23.4. The number of nitrogens with zero attached hydrogens (tertiary/aromatic N) is 6. The van der Waals surface area contributed by atoms with E-state index in [-0.39, 0.29) is 54.2 Å². The van der Waals surface area contributed by atoms with Crippen LogP contribution in [0.4, 0.5) is 22.2 Å². The lowest BCUT2D eigenvalue weighted by atomic mass is 10.1. The zero-order chi connectivity index (χ0) is 35.2. The average Bonchev–Trinajstić information content (AvgIpc) is 3.67. The fraction of sp³-hybridized carbons (Fsp3) is 0.387. The second-order valence-corrected chi connectivity index (χ2v) is 11.5. The maximum Gasteiger partial charge on any atom is 0.509 e. The van der Waals surface area contributed by atoms with Gasteiger partial charge in [0, 0.05) is 38.6 Å². The number of ether oxygens (including phenoxy) is 4. The van der Waals surface area contributed by atoms with Gasteiger partial charge in [0.05, 0.1) is 23.9 Å². The summed E-state index contributed by atoms with van der Waals surface area (Å²) in [7, 11) is 1.65. The number of carbonyl (C=O) groups excluding carboxylic acids is 3. The van der Waals surface area contributed by atoms with Gasteiger partial charge in [0.2, 0.25) is 11.9 Å². The van der Waals surface area contributed by atoms with Crippen LogP contribution in [-0.2, 0) is 28.5 Å². The number of nitrogens with one attached hydrogen (secondary N) is 2. The number of carbonyl (C=O) groups is 3. The molecule has 0 saturated carbocycles. The normalized spacial score (nSPS) is 17.8. The lowest BCUT2D eigenvalue weighted by Crippen LogP contribution is -2.33. The summed E-state index contributed by atoms with van der Waals surface area (Å²) in [6, 6.07) is 11.4. The number of likely N-dealkylation sites (N-methyl/N-ethyl adjacent to an activating group) is 1. The SMILES string of the molecule is CC(=O)O[C@H]1C[C@H](n2cnc3c(=O)[nH]c(NC(=O)C(C)C)nc32)O[C@@H]1COC(=O)OC(CN(C)c1cc([N+](=O)[O-])ccn1)c1ccccc1. The Labute approximate surface area is 278 Å². The fourth-order valence-electron chi connectivity index (χ4n) is 5.07. The number of rotatable bonds is 12. The van der Waals surface area contributed by atoms with Crippen molar-refractivity contribution in [1.82, 2.24) is 24.5 Å². The van der Waals surface area contributed by atoms with Crippen LogP contribution < -0.4 is 15.8 Å². The van der Waals surface area contributed by atoms with Gasteiger partial charge in [-0.15, -0.1) is 0 Å². The Morgan fingerprint density at radius 3 is 2.65 bits per heavy atom. The van der Waals surface area contributed by atoms with Crippen LogP contribution in [0.15, 0.2) is 59.8 Å². The van der Waals surface area contributed by atoms with Gasteiger partial charge in [-0.3, -0.25) is 39.4 Å². The molecule has 1 fully saturated rings. The summed E-state index contributed by atoms with van der Waals surface area (Å²) in [5, 5.41) is 13.8. The Morgan fingerprint density at radius 2 is 1.96 bits per heavy atom. The van der Waals surface area contributed by atoms with E-state index in [0.29, 0.717) is 11.4 Å². The van der Waals surface area contributed by atoms with Gasteiger partial charge < -0.3 is 23.8 Å². The van der Waals surface area contributed by atoms with E-state index in [1.807, 2.05) is 0 Å². The zero-order valence-electron chi connectivity index (χ0n) is 27.0. The number of benzene rings is 1. The molecule has 3 aromatic heterocycles. The number of pyridine rings is 1. The summed E-state index contributed by atoms with van der Waals surface area (Å²) in [5.41, 5.74) is 0.0133. The van der Waals surface area contributed by atoms with Crippen LogP contribution in [-0.4, -0.2) is 79.9 Å². The molecule has 0 spiro atoms. The lowest BCUT2D eigenvalue weighted by molar-refractivity contribution is -0.384. The van der Waals surface area contributed by atoms with E-state index in [4.69, 9.17) is 18.9 Å². The largest absolute Gasteiger partial charge is 0.509 e. The molecule has 0 bridgehead atoms. The van der Waals surface area contributed by atoms with Crippen LogP contribution in [0.2, 0.25) is 0 Å². The predicted molar refractivity (Wildman–Crippen MR) is 171 cm³/mol. The summed E-state index contributed by atoms with van der Waals surface area (Å²) in [5.74, 6) is -1.09. The standard InChI is InChI=1S/C31H34N8O10/c1-17(2)28(41)35-30-34-27-26(29(42)36-30)33-16-38(27)25-13-21(47-18(3)40)23(48-25)15-46-31(43)49-22(19-8-6-5-7-9-19)14-37(4)24-12-20(39(44)45)10-11-32-24/h5-12,16-17,21-23,25H,13-15H2,1-4H3,(H2,34,35,36,41,42)/t21-,22?,23+,25+/m0/s1. The number of amides is 1. The summed E-state index contributed by atoms with van der Waals surface area (Å²) in [4.78, 5) is 77.3. The Bertz CT molecular complexity index is 1900. The minimum absolute atomic E-state index is 0.00399. The number of esters is 1. The molecule has 1 amide bonds. The second-order valence-electron chi connectivity index (χ2n) is 11.5. The number of anilines is 2. The number of nitro groups is 1. The van der Waals surface area contributed by atoms with Crippen LogP contribution in [0.25, 0.3) is 11.2 Å². The first-order valence-corrected chi connectivity index (χ1v) is 15.2. The topological polar surface area (TPSA) is 223 Å². The van der Waals surface area contributed by atoms with Crippen molar-refractivity contribution in [1.29, 1.82) is 0 Å². The van der Waals surface area contributed by atoms with E-state index in [2.05, 4.69) is 25.3 Å². The van der Waals surface area contributed by atoms with Gasteiger partial charge in [0.25, 0.3) is 11.2 Å². The highest BCUT2D eigenvalue weighted by Gasteiger charge is 2.40. The highest BCUT2D eigenvalue weighted by atomic mass is 16.7. The van der Waals surface area contributed by atoms with E-state index < -0.39 is 47.1 Å². The number of aromatic nitrogens is 5. The molecule has 1 saturated heterocycles. The molecular formula is C31H34N8O10. The third kappa shape index (κ3) is 8.33. The van der Waals surface area contributed by atoms with Crippen molar-refractivity contribution in [2.45, 2.75) is 51.7 Å². The molecule has 2 N–H and O–H groups in total. The molecule has 5 rings (SSSR count). The minimum Gasteiger partial charge on any atom is -0.459 e. The van der Waals surface area contributed by atoms with Crippen molar-refractivity contribution in [3.63, 3.8) is 0 Å². The van der Waals surface area contributed by atoms with Gasteiger partial charge in [-0.25, -0.2) is 14.8 Å². The van der Waals surface area contributed by atoms with Crippen molar-refractivity contribution in [3.8, 4) is 0 Å². The highest BCUT2D eigenvalue weighted by Crippen LogP contribution is 2.33. The lowest BCUT2D eigenvalue weighted by Gasteiger charge is -2.25. The smallest absolute Gasteiger partial charge is 0.459 e. The number of fused-ring (bicyclic) bond motifs is 1. The molecule has 4 aromatic rings. The molecule has 258 valence electrons. The molecule has 18 heteroatoms. The zero-order valence-corrected chi connectivity index (χ0v) is 27.0. The number of H-pyrrole nitrogens is 1. The van der Waals surface area contributed by atoms with Crippen LogP contribution in [0.5, 0.6) is 0 Å². The number of imidazole rings is 1. The summed E-state index contributed by atoms with van der Waals surface area (Å²) in [6.45, 7) is 4.31. The second kappa shape index (κ2) is 14.9. The van der Waals surface area contributed by atoms with Gasteiger partial charge in [0.15, 0.2) is 11.2 Å². The Balaban J connectivity index is 1.29. The van der Waals surface area contributed by atoms with Crippen molar-refractivity contribution in [2.75, 3.05) is 30.4 Å². The van der Waals surface area contributed by atoms with Crippen LogP contribution in [0.1, 0.15) is 45.1 Å². The van der Waals surface area contributed by atoms with Crippen molar-refractivity contribution in [3.05, 3.63) is 81.0 Å². The Kier molecular flexibility index (Phi) is 10.5. The molecule has 0 aliphatic carbocycles. The number of hydrogen-bond acceptors (Lipinski definition) is 14. The maximum atomic E-state index is 13.0. The highest BCUT2D eigenvalue weighted by molar-refractivity contribution is 5.91. The number of aromatic amines is 1. The van der Waals surface area contributed by atoms with E-state index in [1.165, 1.54) is 36.1 Å². The van der Waals surface area contributed by atoms with E-state index in [9.17, 15) is 29.3 Å². The van der Waals surface area contributed by atoms with Gasteiger partial charge >= 0.3 is 12.1 Å². The molecule has 49 heavy (non-hydrogen) atoms. The fourth-order valence-corrected chi connectivity index (χ4v) is 5.07. The van der Waals surface area contributed by atoms with Crippen LogP contribution in [0.3, 0.4) is 0 Å². The molecule has 4 atom stereocenters. The molecule has 18 nitrogen and oxygen atoms in total. The van der Waals surface area contributed by atoms with Crippen molar-refractivity contribution in [2.24, 2.45) is 5.92 Å². The molecule has 1 aliphatic rings. The first-order valence-electron chi connectivity index (χ1n) is 15.2. The molecule has 1 unspecified atom stereocenters. The van der Waals surface area contributed by atoms with Gasteiger partial charge in [-0.05, 0) is 5.56 Å². The molecule has 1 aliphatic heterocycles. The number of hydrogen-bond donors (Lipinski definition) is 2. The Hall–Kier alpha value is -5.91. The van der Waals surface area contributed by atoms with Gasteiger partial charge in [-0.2, -0.15) is 4.98 Å². The molecular weight excluding hydrogens is 644 g/mol. The third-order valence-electron chi connectivity index (χ3n) is 7.55. The predicted octanol–water partition coefficient (Wildman–Crippen LogP) is 3.27. The first kappa shape index (κ1) is 34.4. The van der Waals surface area contributed by atoms with E-state index >= 15 is 0 Å².